The van der Waals surface area contributed by atoms with Gasteiger partial charge in [-0.25, -0.2) is 8.37 Å². The molecule has 0 saturated carbocycles. The molecule has 0 radical (unpaired) electrons. The molecule has 0 bridgehead atoms. The van der Waals surface area contributed by atoms with Gasteiger partial charge in [-0.3, -0.25) is 12.5 Å². The fraction of sp³-hybridized carbons (Fsp3) is 1.00. The Morgan fingerprint density at radius 2 is 1.81 bits per heavy atom. The molecule has 4 unspecified atom stereocenters. The zero-order valence-corrected chi connectivity index (χ0v) is 12.9. The van der Waals surface area contributed by atoms with Crippen LogP contribution in [-0.4, -0.2) is 57.8 Å². The molecule has 3 aliphatic rings. The molecule has 3 fully saturated rings. The molecule has 0 aromatic rings. The first-order valence-electron chi connectivity index (χ1n) is 5.96. The average Bonchev–Trinajstić information content (AvgIpc) is 2.89. The van der Waals surface area contributed by atoms with Gasteiger partial charge in [0.2, 0.25) is 0 Å². The summed E-state index contributed by atoms with van der Waals surface area (Å²) in [5.41, 5.74) is 0. The van der Waals surface area contributed by atoms with Crippen LogP contribution in [0.25, 0.3) is 0 Å². The smallest absolute Gasteiger partial charge is 0.269 e. The molecular weight excluding hydrogens is 352 g/mol. The summed E-state index contributed by atoms with van der Waals surface area (Å²) in [6, 6.07) is 0. The lowest BCUT2D eigenvalue weighted by atomic mass is 9.90. The summed E-state index contributed by atoms with van der Waals surface area (Å²) in [5, 5.41) is 0. The SMILES string of the molecule is O=S1OCCC(C2(C3COS(=O)(=O)O3)CCOS2(=O)=O)O1. The van der Waals surface area contributed by atoms with Crippen molar-refractivity contribution in [2.24, 2.45) is 0 Å². The van der Waals surface area contributed by atoms with Crippen LogP contribution in [0.3, 0.4) is 0 Å². The summed E-state index contributed by atoms with van der Waals surface area (Å²) >= 11 is -2.11. The zero-order valence-electron chi connectivity index (χ0n) is 10.5. The van der Waals surface area contributed by atoms with Crippen LogP contribution in [0.15, 0.2) is 0 Å². The summed E-state index contributed by atoms with van der Waals surface area (Å²) in [6.45, 7) is -0.608. The molecule has 0 N–H and O–H groups in total. The summed E-state index contributed by atoms with van der Waals surface area (Å²) in [6.07, 6.45) is -2.36. The van der Waals surface area contributed by atoms with Crippen molar-refractivity contribution < 1.29 is 42.0 Å². The second-order valence-electron chi connectivity index (χ2n) is 4.66. The third-order valence-corrected chi connectivity index (χ3v) is 7.42. The van der Waals surface area contributed by atoms with E-state index in [9.17, 15) is 21.0 Å². The molecule has 21 heavy (non-hydrogen) atoms. The largest absolute Gasteiger partial charge is 0.400 e. The Kier molecular flexibility index (Phi) is 3.89. The summed E-state index contributed by atoms with van der Waals surface area (Å²) in [4.78, 5) is 0. The minimum Gasteiger partial charge on any atom is -0.269 e. The van der Waals surface area contributed by atoms with Crippen LogP contribution in [0.1, 0.15) is 12.8 Å². The molecule has 122 valence electrons. The highest BCUT2D eigenvalue weighted by Crippen LogP contribution is 2.44. The van der Waals surface area contributed by atoms with Crippen molar-refractivity contribution >= 4 is 31.9 Å². The van der Waals surface area contributed by atoms with Gasteiger partial charge in [0.1, 0.15) is 12.2 Å². The molecule has 3 aliphatic heterocycles. The lowest BCUT2D eigenvalue weighted by Gasteiger charge is -2.37. The van der Waals surface area contributed by atoms with Crippen LogP contribution in [0, 0.1) is 0 Å². The standard InChI is InChI=1S/C8H12O10S3/c9-19-14-3-1-6(17-19)8(2-4-15-20(8,10)11)7-5-16-21(12,13)18-7/h6-7H,1-5H2. The highest BCUT2D eigenvalue weighted by Gasteiger charge is 2.65. The zero-order chi connectivity index (χ0) is 15.3. The van der Waals surface area contributed by atoms with Crippen LogP contribution < -0.4 is 0 Å². The van der Waals surface area contributed by atoms with E-state index < -0.39 is 55.4 Å². The Hall–Kier alpha value is -0.150. The van der Waals surface area contributed by atoms with Gasteiger partial charge >= 0.3 is 21.8 Å². The van der Waals surface area contributed by atoms with Crippen LogP contribution >= 0.6 is 0 Å². The van der Waals surface area contributed by atoms with Gasteiger partial charge in [-0.15, -0.1) is 0 Å². The maximum atomic E-state index is 12.3. The minimum atomic E-state index is -4.26. The third kappa shape index (κ3) is 2.55. The quantitative estimate of drug-likeness (QED) is 0.534. The van der Waals surface area contributed by atoms with E-state index in [1.54, 1.807) is 0 Å². The highest BCUT2D eigenvalue weighted by molar-refractivity contribution is 7.88. The van der Waals surface area contributed by atoms with E-state index in [0.717, 1.165) is 0 Å². The normalized spacial score (nSPS) is 45.6. The van der Waals surface area contributed by atoms with Crippen LogP contribution in [-0.2, 0) is 52.8 Å². The molecular formula is C8H12O10S3. The van der Waals surface area contributed by atoms with E-state index >= 15 is 0 Å². The van der Waals surface area contributed by atoms with Gasteiger partial charge in [0.15, 0.2) is 4.75 Å². The van der Waals surface area contributed by atoms with Crippen molar-refractivity contribution in [2.45, 2.75) is 29.8 Å². The predicted octanol–water partition coefficient (Wildman–Crippen LogP) is -1.48. The molecule has 0 aromatic heterocycles. The molecule has 0 spiro atoms. The van der Waals surface area contributed by atoms with E-state index in [0.29, 0.717) is 0 Å². The molecule has 3 heterocycles. The first-order valence-corrected chi connectivity index (χ1v) is 9.70. The Labute approximate surface area is 124 Å². The van der Waals surface area contributed by atoms with Crippen molar-refractivity contribution in [3.8, 4) is 0 Å². The maximum Gasteiger partial charge on any atom is 0.400 e. The number of hydrogen-bond donors (Lipinski definition) is 0. The summed E-state index contributed by atoms with van der Waals surface area (Å²) in [7, 11) is -8.45. The van der Waals surface area contributed by atoms with Crippen LogP contribution in [0.4, 0.5) is 0 Å². The van der Waals surface area contributed by atoms with Gasteiger partial charge < -0.3 is 0 Å². The molecule has 4 atom stereocenters. The first kappa shape index (κ1) is 15.7. The van der Waals surface area contributed by atoms with E-state index in [1.165, 1.54) is 0 Å². The Morgan fingerprint density at radius 3 is 2.33 bits per heavy atom. The molecule has 10 nitrogen and oxygen atoms in total. The van der Waals surface area contributed by atoms with Gasteiger partial charge in [-0.2, -0.15) is 21.0 Å². The van der Waals surface area contributed by atoms with Crippen LogP contribution in [0.2, 0.25) is 0 Å². The summed E-state index contributed by atoms with van der Waals surface area (Å²) < 4.78 is 80.5. The summed E-state index contributed by atoms with van der Waals surface area (Å²) in [5.74, 6) is 0. The number of hydrogen-bond acceptors (Lipinski definition) is 10. The monoisotopic (exact) mass is 364 g/mol. The van der Waals surface area contributed by atoms with Crippen molar-refractivity contribution in [3.63, 3.8) is 0 Å². The molecule has 0 amide bonds. The average molecular weight is 364 g/mol. The fourth-order valence-corrected chi connectivity index (χ4v) is 6.19. The third-order valence-electron chi connectivity index (χ3n) is 3.64. The van der Waals surface area contributed by atoms with Crippen molar-refractivity contribution in [1.82, 2.24) is 0 Å². The first-order chi connectivity index (χ1) is 9.77. The maximum absolute atomic E-state index is 12.3. The van der Waals surface area contributed by atoms with Crippen LogP contribution in [0.5, 0.6) is 0 Å². The topological polar surface area (TPSA) is 132 Å². The van der Waals surface area contributed by atoms with Gasteiger partial charge in [0, 0.05) is 6.42 Å². The lowest BCUT2D eigenvalue weighted by molar-refractivity contribution is 0.0346. The molecule has 0 aromatic carbocycles. The molecule has 3 saturated heterocycles. The fourth-order valence-electron chi connectivity index (χ4n) is 2.68. The van der Waals surface area contributed by atoms with Gasteiger partial charge in [-0.05, 0) is 6.42 Å². The van der Waals surface area contributed by atoms with E-state index in [2.05, 4.69) is 4.18 Å². The van der Waals surface area contributed by atoms with Gasteiger partial charge in [0.25, 0.3) is 10.1 Å². The van der Waals surface area contributed by atoms with Gasteiger partial charge in [-0.1, -0.05) is 0 Å². The van der Waals surface area contributed by atoms with E-state index in [-0.39, 0.29) is 26.1 Å². The number of rotatable bonds is 2. The van der Waals surface area contributed by atoms with Crippen molar-refractivity contribution in [2.75, 3.05) is 19.8 Å². The molecule has 0 aliphatic carbocycles. The Morgan fingerprint density at radius 1 is 1.05 bits per heavy atom. The lowest BCUT2D eigenvalue weighted by Crippen LogP contribution is -2.58. The second kappa shape index (κ2) is 5.19. The Balaban J connectivity index is 2.02. The second-order valence-corrected chi connectivity index (χ2v) is 8.64. The van der Waals surface area contributed by atoms with E-state index in [4.69, 9.17) is 16.7 Å². The Bertz CT molecular complexity index is 654. The van der Waals surface area contributed by atoms with E-state index in [1.807, 2.05) is 0 Å². The van der Waals surface area contributed by atoms with Crippen molar-refractivity contribution in [3.05, 3.63) is 0 Å². The minimum absolute atomic E-state index is 0.00880. The molecule has 3 rings (SSSR count). The van der Waals surface area contributed by atoms with Gasteiger partial charge in [0.05, 0.1) is 19.8 Å². The predicted molar refractivity (Wildman–Crippen MR) is 65.5 cm³/mol. The highest BCUT2D eigenvalue weighted by atomic mass is 32.3. The molecule has 13 heteroatoms. The van der Waals surface area contributed by atoms with Crippen molar-refractivity contribution in [1.29, 1.82) is 0 Å².